The molecule has 0 aromatic heterocycles. The molecule has 0 aliphatic heterocycles. The van der Waals surface area contributed by atoms with Crippen molar-refractivity contribution in [2.45, 2.75) is 117 Å². The smallest absolute Gasteiger partial charge is 0.314 e. The van der Waals surface area contributed by atoms with Gasteiger partial charge in [0.1, 0.15) is 11.5 Å². The normalized spacial score (nSPS) is 11.8. The average Bonchev–Trinajstić information content (AvgIpc) is 2.91. The van der Waals surface area contributed by atoms with E-state index < -0.39 is 0 Å². The number of carbonyl (C=O) groups is 2. The molecule has 1 unspecified atom stereocenters. The summed E-state index contributed by atoms with van der Waals surface area (Å²) in [5.74, 6) is 0.637. The summed E-state index contributed by atoms with van der Waals surface area (Å²) in [6, 6.07) is 15.0. The number of hydrogen-bond acceptors (Lipinski definition) is 4. The maximum atomic E-state index is 12.2. The maximum Gasteiger partial charge on any atom is 0.314 e. The fourth-order valence-electron chi connectivity index (χ4n) is 4.28. The largest absolute Gasteiger partial charge is 0.427 e. The molecular weight excluding hydrogens is 460 g/mol. The van der Waals surface area contributed by atoms with Crippen LogP contribution in [0.3, 0.4) is 0 Å². The Kier molecular flexibility index (Phi) is 15.4. The van der Waals surface area contributed by atoms with Gasteiger partial charge in [0.2, 0.25) is 0 Å². The summed E-state index contributed by atoms with van der Waals surface area (Å²) in [4.78, 5) is 24.1. The minimum absolute atomic E-state index is 0.112. The van der Waals surface area contributed by atoms with Gasteiger partial charge in [-0.2, -0.15) is 0 Å². The van der Waals surface area contributed by atoms with Gasteiger partial charge in [0.15, 0.2) is 0 Å². The van der Waals surface area contributed by atoms with Gasteiger partial charge in [-0.3, -0.25) is 9.59 Å². The molecule has 2 rings (SSSR count). The van der Waals surface area contributed by atoms with Crippen LogP contribution in [0.15, 0.2) is 48.5 Å². The van der Waals surface area contributed by atoms with Gasteiger partial charge in [0.05, 0.1) is 5.92 Å². The highest BCUT2D eigenvalue weighted by molar-refractivity contribution is 5.75. The van der Waals surface area contributed by atoms with E-state index in [9.17, 15) is 9.59 Å². The fraction of sp³-hybridized carbons (Fsp3) is 0.576. The van der Waals surface area contributed by atoms with Crippen LogP contribution in [0, 0.1) is 5.92 Å². The number of benzene rings is 2. The minimum Gasteiger partial charge on any atom is -0.427 e. The lowest BCUT2D eigenvalue weighted by molar-refractivity contribution is -0.138. The van der Waals surface area contributed by atoms with Crippen molar-refractivity contribution in [3.8, 4) is 22.6 Å². The highest BCUT2D eigenvalue weighted by Crippen LogP contribution is 2.25. The summed E-state index contributed by atoms with van der Waals surface area (Å²) in [6.45, 7) is 6.10. The first-order chi connectivity index (χ1) is 18.0. The zero-order valence-electron chi connectivity index (χ0n) is 23.4. The summed E-state index contributed by atoms with van der Waals surface area (Å²) >= 11 is 0. The zero-order chi connectivity index (χ0) is 26.7. The maximum absolute atomic E-state index is 12.2. The molecular formula is C33H48O4. The van der Waals surface area contributed by atoms with Crippen LogP contribution in [0.1, 0.15) is 117 Å². The van der Waals surface area contributed by atoms with Gasteiger partial charge in [0.25, 0.3) is 0 Å². The first-order valence-electron chi connectivity index (χ1n) is 14.7. The molecule has 4 nitrogen and oxygen atoms in total. The Bertz CT molecular complexity index is 886. The fourth-order valence-corrected chi connectivity index (χ4v) is 4.28. The molecule has 0 fully saturated rings. The van der Waals surface area contributed by atoms with Crippen LogP contribution in [-0.2, 0) is 9.59 Å². The molecule has 0 bridgehead atoms. The van der Waals surface area contributed by atoms with Crippen molar-refractivity contribution in [1.29, 1.82) is 0 Å². The molecule has 0 amide bonds. The number of hydrogen-bond donors (Lipinski definition) is 0. The second-order valence-electron chi connectivity index (χ2n) is 10.2. The molecule has 0 radical (unpaired) electrons. The number of unbranched alkanes of at least 4 members (excludes halogenated alkanes) is 12. The van der Waals surface area contributed by atoms with E-state index in [4.69, 9.17) is 9.47 Å². The predicted molar refractivity (Wildman–Crippen MR) is 153 cm³/mol. The molecule has 0 spiro atoms. The third-order valence-corrected chi connectivity index (χ3v) is 6.99. The highest BCUT2D eigenvalue weighted by atomic mass is 16.5. The van der Waals surface area contributed by atoms with Gasteiger partial charge in [-0.15, -0.1) is 0 Å². The van der Waals surface area contributed by atoms with Crippen LogP contribution < -0.4 is 9.47 Å². The lowest BCUT2D eigenvalue weighted by atomic mass is 10.0. The van der Waals surface area contributed by atoms with E-state index in [1.54, 1.807) is 12.1 Å². The Labute approximate surface area is 225 Å². The monoisotopic (exact) mass is 508 g/mol. The zero-order valence-corrected chi connectivity index (χ0v) is 23.4. The quantitative estimate of drug-likeness (QED) is 0.108. The highest BCUT2D eigenvalue weighted by Gasteiger charge is 2.13. The number of carbonyl (C=O) groups excluding carboxylic acids is 2. The Morgan fingerprint density at radius 2 is 1.00 bits per heavy atom. The van der Waals surface area contributed by atoms with E-state index in [2.05, 4.69) is 6.92 Å². The van der Waals surface area contributed by atoms with E-state index in [0.29, 0.717) is 17.9 Å². The number of esters is 2. The molecule has 204 valence electrons. The first kappa shape index (κ1) is 30.6. The summed E-state index contributed by atoms with van der Waals surface area (Å²) in [5, 5.41) is 0. The summed E-state index contributed by atoms with van der Waals surface area (Å²) in [7, 11) is 0. The Morgan fingerprint density at radius 1 is 0.595 bits per heavy atom. The van der Waals surface area contributed by atoms with Crippen molar-refractivity contribution >= 4 is 11.9 Å². The minimum atomic E-state index is -0.208. The molecule has 0 N–H and O–H groups in total. The summed E-state index contributed by atoms with van der Waals surface area (Å²) in [6.07, 6.45) is 18.0. The van der Waals surface area contributed by atoms with Crippen LogP contribution >= 0.6 is 0 Å². The SMILES string of the molecule is CCCCCCCCCCCCCCCC(=O)Oc1ccc(-c2ccc(OC(=O)C(C)CC)cc2)cc1. The van der Waals surface area contributed by atoms with Crippen molar-refractivity contribution in [3.05, 3.63) is 48.5 Å². The van der Waals surface area contributed by atoms with E-state index in [0.717, 1.165) is 30.4 Å². The van der Waals surface area contributed by atoms with Gasteiger partial charge in [-0.1, -0.05) is 122 Å². The third kappa shape index (κ3) is 13.0. The van der Waals surface area contributed by atoms with Crippen molar-refractivity contribution in [3.63, 3.8) is 0 Å². The molecule has 2 aromatic rings. The second-order valence-corrected chi connectivity index (χ2v) is 10.2. The Balaban J connectivity index is 1.58. The van der Waals surface area contributed by atoms with Crippen LogP contribution in [0.2, 0.25) is 0 Å². The second kappa shape index (κ2) is 18.6. The van der Waals surface area contributed by atoms with Gasteiger partial charge < -0.3 is 9.47 Å². The lowest BCUT2D eigenvalue weighted by Crippen LogP contribution is -2.16. The van der Waals surface area contributed by atoms with Crippen LogP contribution in [0.25, 0.3) is 11.1 Å². The van der Waals surface area contributed by atoms with Crippen LogP contribution in [-0.4, -0.2) is 11.9 Å². The molecule has 2 aromatic carbocycles. The molecule has 0 heterocycles. The third-order valence-electron chi connectivity index (χ3n) is 6.99. The molecule has 0 saturated carbocycles. The molecule has 1 atom stereocenters. The summed E-state index contributed by atoms with van der Waals surface area (Å²) < 4.78 is 10.9. The Morgan fingerprint density at radius 3 is 1.43 bits per heavy atom. The van der Waals surface area contributed by atoms with Crippen molar-refractivity contribution in [1.82, 2.24) is 0 Å². The van der Waals surface area contributed by atoms with Gasteiger partial charge in [0, 0.05) is 6.42 Å². The first-order valence-corrected chi connectivity index (χ1v) is 14.7. The molecule has 0 aliphatic rings. The predicted octanol–water partition coefficient (Wildman–Crippen LogP) is 9.69. The number of ether oxygens (including phenoxy) is 2. The molecule has 0 aliphatic carbocycles. The standard InChI is InChI=1S/C33H48O4/c1-4-6-7-8-9-10-11-12-13-14-15-16-17-18-32(34)36-30-23-19-28(20-24-30)29-21-25-31(26-22-29)37-33(35)27(3)5-2/h19-27H,4-18H2,1-3H3. The Hall–Kier alpha value is -2.62. The lowest BCUT2D eigenvalue weighted by Gasteiger charge is -2.10. The van der Waals surface area contributed by atoms with Gasteiger partial charge in [-0.25, -0.2) is 0 Å². The van der Waals surface area contributed by atoms with Crippen molar-refractivity contribution in [2.75, 3.05) is 0 Å². The average molecular weight is 509 g/mol. The van der Waals surface area contributed by atoms with Crippen LogP contribution in [0.4, 0.5) is 0 Å². The van der Waals surface area contributed by atoms with Crippen molar-refractivity contribution < 1.29 is 19.1 Å². The van der Waals surface area contributed by atoms with Crippen LogP contribution in [0.5, 0.6) is 11.5 Å². The van der Waals surface area contributed by atoms with E-state index in [1.807, 2.05) is 50.2 Å². The van der Waals surface area contributed by atoms with E-state index in [1.165, 1.54) is 70.6 Å². The van der Waals surface area contributed by atoms with Gasteiger partial charge >= 0.3 is 11.9 Å². The molecule has 0 saturated heterocycles. The molecule has 4 heteroatoms. The topological polar surface area (TPSA) is 52.6 Å². The summed E-state index contributed by atoms with van der Waals surface area (Å²) in [5.41, 5.74) is 2.02. The van der Waals surface area contributed by atoms with Gasteiger partial charge in [-0.05, 0) is 48.2 Å². The van der Waals surface area contributed by atoms with Crippen molar-refractivity contribution in [2.24, 2.45) is 5.92 Å². The van der Waals surface area contributed by atoms with E-state index >= 15 is 0 Å². The molecule has 37 heavy (non-hydrogen) atoms. The number of rotatable bonds is 19. The van der Waals surface area contributed by atoms with E-state index in [-0.39, 0.29) is 17.9 Å².